The average molecular weight is 385 g/mol. The van der Waals surface area contributed by atoms with Gasteiger partial charge in [-0.15, -0.1) is 0 Å². The molecule has 2 nitrogen and oxygen atoms in total. The van der Waals surface area contributed by atoms with Crippen molar-refractivity contribution in [1.29, 1.82) is 5.26 Å². The highest BCUT2D eigenvalue weighted by Gasteiger charge is 2.46. The van der Waals surface area contributed by atoms with E-state index in [0.717, 1.165) is 56.3 Å². The number of nitrogens with zero attached hydrogens (tertiary/aromatic N) is 2. The summed E-state index contributed by atoms with van der Waals surface area (Å²) in [5, 5.41) is 10.7. The molecule has 0 spiro atoms. The summed E-state index contributed by atoms with van der Waals surface area (Å²) in [6.07, 6.45) is 5.02. The van der Waals surface area contributed by atoms with Crippen molar-refractivity contribution in [2.45, 2.75) is 37.5 Å². The monoisotopic (exact) mass is 384 g/mol. The highest BCUT2D eigenvalue weighted by atomic mass is 35.5. The minimum absolute atomic E-state index is 0.192. The molecule has 0 aromatic heterocycles. The summed E-state index contributed by atoms with van der Waals surface area (Å²) in [6.45, 7) is 1.88. The third-order valence-corrected chi connectivity index (χ3v) is 5.89. The highest BCUT2D eigenvalue weighted by Crippen LogP contribution is 2.50. The van der Waals surface area contributed by atoms with Crippen molar-refractivity contribution in [2.24, 2.45) is 5.92 Å². The minimum Gasteiger partial charge on any atom is -0.306 e. The summed E-state index contributed by atoms with van der Waals surface area (Å²) < 4.78 is 13.0. The number of likely N-dealkylation sites (N-methyl/N-ethyl adjacent to an activating group) is 1. The first-order valence-electron chi connectivity index (χ1n) is 9.64. The maximum absolute atomic E-state index is 13.0. The quantitative estimate of drug-likeness (QED) is 0.562. The Labute approximate surface area is 166 Å². The third-order valence-electron chi connectivity index (χ3n) is 5.64. The van der Waals surface area contributed by atoms with Gasteiger partial charge in [0.05, 0.1) is 11.5 Å². The molecule has 2 aromatic rings. The van der Waals surface area contributed by atoms with Crippen LogP contribution in [0.4, 0.5) is 4.39 Å². The van der Waals surface area contributed by atoms with Gasteiger partial charge in [-0.05, 0) is 87.0 Å². The van der Waals surface area contributed by atoms with Crippen LogP contribution in [0.25, 0.3) is 0 Å². The molecular weight excluding hydrogens is 359 g/mol. The molecule has 0 saturated heterocycles. The first-order valence-corrected chi connectivity index (χ1v) is 10.0. The topological polar surface area (TPSA) is 27.0 Å². The van der Waals surface area contributed by atoms with Crippen molar-refractivity contribution in [3.8, 4) is 6.07 Å². The van der Waals surface area contributed by atoms with Crippen LogP contribution in [0.2, 0.25) is 5.02 Å². The van der Waals surface area contributed by atoms with E-state index < -0.39 is 0 Å². The van der Waals surface area contributed by atoms with E-state index in [4.69, 9.17) is 11.6 Å². The standard InChI is InChI=1S/C23H26ClFN2/c1-27(16-13-18-3-11-22(25)12-4-18)15-2-14-23(17-26,19-5-6-19)20-7-9-21(24)10-8-20/h3-4,7-12,19H,2,5-6,13-16H2,1H3. The zero-order valence-electron chi connectivity index (χ0n) is 15.8. The number of halogens is 2. The van der Waals surface area contributed by atoms with E-state index in [-0.39, 0.29) is 11.2 Å². The van der Waals surface area contributed by atoms with Crippen LogP contribution in [0.1, 0.15) is 36.8 Å². The lowest BCUT2D eigenvalue weighted by Gasteiger charge is -2.28. The molecule has 1 unspecified atom stereocenters. The van der Waals surface area contributed by atoms with Gasteiger partial charge in [-0.3, -0.25) is 0 Å². The Balaban J connectivity index is 1.54. The van der Waals surface area contributed by atoms with Crippen LogP contribution in [-0.4, -0.2) is 25.0 Å². The summed E-state index contributed by atoms with van der Waals surface area (Å²) in [7, 11) is 2.11. The largest absolute Gasteiger partial charge is 0.306 e. The van der Waals surface area contributed by atoms with Gasteiger partial charge in [-0.25, -0.2) is 4.39 Å². The highest BCUT2D eigenvalue weighted by molar-refractivity contribution is 6.30. The van der Waals surface area contributed by atoms with E-state index >= 15 is 0 Å². The fraction of sp³-hybridized carbons (Fsp3) is 0.435. The van der Waals surface area contributed by atoms with Crippen LogP contribution < -0.4 is 0 Å². The van der Waals surface area contributed by atoms with Crippen molar-refractivity contribution in [2.75, 3.05) is 20.1 Å². The smallest absolute Gasteiger partial charge is 0.123 e. The predicted molar refractivity (Wildman–Crippen MR) is 108 cm³/mol. The summed E-state index contributed by atoms with van der Waals surface area (Å²) in [4.78, 5) is 2.29. The van der Waals surface area contributed by atoms with Gasteiger partial charge < -0.3 is 4.90 Å². The van der Waals surface area contributed by atoms with Gasteiger partial charge in [0.1, 0.15) is 5.82 Å². The van der Waals surface area contributed by atoms with E-state index in [1.807, 2.05) is 36.4 Å². The van der Waals surface area contributed by atoms with Gasteiger partial charge >= 0.3 is 0 Å². The SMILES string of the molecule is CN(CCCC(C#N)(c1ccc(Cl)cc1)C1CC1)CCc1ccc(F)cc1. The Morgan fingerprint density at radius 3 is 2.37 bits per heavy atom. The summed E-state index contributed by atoms with van der Waals surface area (Å²) in [6, 6.07) is 17.2. The number of hydrogen-bond acceptors (Lipinski definition) is 2. The maximum Gasteiger partial charge on any atom is 0.123 e. The molecule has 0 radical (unpaired) electrons. The van der Waals surface area contributed by atoms with Crippen molar-refractivity contribution in [3.05, 3.63) is 70.5 Å². The summed E-state index contributed by atoms with van der Waals surface area (Å²) >= 11 is 6.03. The van der Waals surface area contributed by atoms with Gasteiger partial charge in [0.25, 0.3) is 0 Å². The average Bonchev–Trinajstić information content (AvgIpc) is 3.51. The lowest BCUT2D eigenvalue weighted by Crippen LogP contribution is -2.29. The first kappa shape index (κ1) is 19.9. The molecule has 0 bridgehead atoms. The lowest BCUT2D eigenvalue weighted by molar-refractivity contribution is 0.308. The van der Waals surface area contributed by atoms with Crippen LogP contribution in [-0.2, 0) is 11.8 Å². The minimum atomic E-state index is -0.387. The molecule has 1 aliphatic rings. The molecule has 1 saturated carbocycles. The number of rotatable bonds is 9. The molecular formula is C23H26ClFN2. The zero-order chi connectivity index (χ0) is 19.3. The Morgan fingerprint density at radius 1 is 1.11 bits per heavy atom. The third kappa shape index (κ3) is 5.09. The summed E-state index contributed by atoms with van der Waals surface area (Å²) in [5.74, 6) is 0.274. The Morgan fingerprint density at radius 2 is 1.78 bits per heavy atom. The number of benzene rings is 2. The fourth-order valence-corrected chi connectivity index (χ4v) is 3.96. The zero-order valence-corrected chi connectivity index (χ0v) is 16.6. The molecule has 0 N–H and O–H groups in total. The van der Waals surface area contributed by atoms with E-state index in [1.165, 1.54) is 12.1 Å². The summed E-state index contributed by atoms with van der Waals surface area (Å²) in [5.41, 5.74) is 1.86. The van der Waals surface area contributed by atoms with E-state index in [2.05, 4.69) is 18.0 Å². The van der Waals surface area contributed by atoms with Crippen molar-refractivity contribution in [1.82, 2.24) is 4.90 Å². The Kier molecular flexibility index (Phi) is 6.52. The van der Waals surface area contributed by atoms with Gasteiger partial charge in [-0.1, -0.05) is 35.9 Å². The van der Waals surface area contributed by atoms with Crippen LogP contribution in [0.15, 0.2) is 48.5 Å². The maximum atomic E-state index is 13.0. The molecule has 0 heterocycles. The molecule has 27 heavy (non-hydrogen) atoms. The van der Waals surface area contributed by atoms with Crippen LogP contribution >= 0.6 is 11.6 Å². The van der Waals surface area contributed by atoms with Crippen molar-refractivity contribution < 1.29 is 4.39 Å². The fourth-order valence-electron chi connectivity index (χ4n) is 3.83. The number of hydrogen-bond donors (Lipinski definition) is 0. The van der Waals surface area contributed by atoms with Gasteiger partial charge in [0, 0.05) is 11.6 Å². The molecule has 1 atom stereocenters. The first-order chi connectivity index (χ1) is 13.0. The van der Waals surface area contributed by atoms with Crippen LogP contribution in [0.3, 0.4) is 0 Å². The van der Waals surface area contributed by atoms with Gasteiger partial charge in [0.2, 0.25) is 0 Å². The molecule has 3 rings (SSSR count). The van der Waals surface area contributed by atoms with E-state index in [1.54, 1.807) is 0 Å². The van der Waals surface area contributed by atoms with Crippen molar-refractivity contribution in [3.63, 3.8) is 0 Å². The van der Waals surface area contributed by atoms with Gasteiger partial charge in [-0.2, -0.15) is 5.26 Å². The predicted octanol–water partition coefficient (Wildman–Crippen LogP) is 5.61. The van der Waals surface area contributed by atoms with Gasteiger partial charge in [0.15, 0.2) is 0 Å². The molecule has 142 valence electrons. The van der Waals surface area contributed by atoms with Crippen LogP contribution in [0.5, 0.6) is 0 Å². The molecule has 4 heteroatoms. The van der Waals surface area contributed by atoms with E-state index in [9.17, 15) is 9.65 Å². The molecule has 2 aromatic carbocycles. The lowest BCUT2D eigenvalue weighted by atomic mass is 9.74. The second kappa shape index (κ2) is 8.87. The Hall–Kier alpha value is -1.89. The molecule has 0 aliphatic heterocycles. The molecule has 1 aliphatic carbocycles. The normalized spacial score (nSPS) is 16.1. The number of nitriles is 1. The second-order valence-corrected chi connectivity index (χ2v) is 8.08. The van der Waals surface area contributed by atoms with Crippen LogP contribution in [0, 0.1) is 23.1 Å². The second-order valence-electron chi connectivity index (χ2n) is 7.65. The molecule has 0 amide bonds. The Bertz CT molecular complexity index is 778. The molecule has 1 fully saturated rings. The van der Waals surface area contributed by atoms with E-state index in [0.29, 0.717) is 10.9 Å². The van der Waals surface area contributed by atoms with Crippen molar-refractivity contribution >= 4 is 11.6 Å².